The second kappa shape index (κ2) is 7.47. The van der Waals surface area contributed by atoms with E-state index in [4.69, 9.17) is 14.2 Å². The van der Waals surface area contributed by atoms with Gasteiger partial charge in [0.2, 0.25) is 0 Å². The lowest BCUT2D eigenvalue weighted by Crippen LogP contribution is -2.20. The van der Waals surface area contributed by atoms with Crippen LogP contribution in [0.15, 0.2) is 30.3 Å². The van der Waals surface area contributed by atoms with Gasteiger partial charge in [0.25, 0.3) is 5.91 Å². The maximum absolute atomic E-state index is 12.2. The number of rotatable bonds is 4. The molecule has 0 radical (unpaired) electrons. The Morgan fingerprint density at radius 1 is 1.08 bits per heavy atom. The van der Waals surface area contributed by atoms with Crippen molar-refractivity contribution in [2.75, 3.05) is 25.1 Å². The largest absolute Gasteiger partial charge is 0.490 e. The first-order valence-electron chi connectivity index (χ1n) is 8.43. The molecule has 0 aromatic heterocycles. The molecule has 0 saturated heterocycles. The van der Waals surface area contributed by atoms with Gasteiger partial charge in [-0.05, 0) is 55.7 Å². The number of amides is 1. The minimum absolute atomic E-state index is 0.0435. The standard InChI is InChI=1S/C20H23NO4/c1-13-9-14(2)15(3)18(10-13)25-12-20(22)21-16-5-6-17-19(11-16)24-8-4-7-23-17/h5-6,9-11H,4,7-8,12H2,1-3H3,(H,21,22). The Morgan fingerprint density at radius 2 is 1.84 bits per heavy atom. The Bertz CT molecular complexity index is 786. The molecule has 0 unspecified atom stereocenters. The van der Waals surface area contributed by atoms with Crippen molar-refractivity contribution in [3.05, 3.63) is 47.0 Å². The van der Waals surface area contributed by atoms with Crippen molar-refractivity contribution in [3.63, 3.8) is 0 Å². The smallest absolute Gasteiger partial charge is 0.262 e. The van der Waals surface area contributed by atoms with Crippen molar-refractivity contribution < 1.29 is 19.0 Å². The average Bonchev–Trinajstić information content (AvgIpc) is 2.81. The summed E-state index contributed by atoms with van der Waals surface area (Å²) in [6.07, 6.45) is 0.847. The Morgan fingerprint density at radius 3 is 2.64 bits per heavy atom. The molecule has 1 aliphatic heterocycles. The number of carbonyl (C=O) groups is 1. The van der Waals surface area contributed by atoms with E-state index in [2.05, 4.69) is 11.4 Å². The van der Waals surface area contributed by atoms with Gasteiger partial charge in [-0.1, -0.05) is 6.07 Å². The summed E-state index contributed by atoms with van der Waals surface area (Å²) in [6.45, 7) is 7.25. The normalized spacial score (nSPS) is 13.1. The average molecular weight is 341 g/mol. The van der Waals surface area contributed by atoms with Crippen LogP contribution in [0.3, 0.4) is 0 Å². The topological polar surface area (TPSA) is 56.8 Å². The molecule has 3 rings (SSSR count). The van der Waals surface area contributed by atoms with Crippen LogP contribution in [-0.2, 0) is 4.79 Å². The predicted molar refractivity (Wildman–Crippen MR) is 96.8 cm³/mol. The third kappa shape index (κ3) is 4.24. The first kappa shape index (κ1) is 17.1. The maximum atomic E-state index is 12.2. The van der Waals surface area contributed by atoms with Crippen LogP contribution in [-0.4, -0.2) is 25.7 Å². The lowest BCUT2D eigenvalue weighted by Gasteiger charge is -2.13. The summed E-state index contributed by atoms with van der Waals surface area (Å²) >= 11 is 0. The number of nitrogens with one attached hydrogen (secondary N) is 1. The van der Waals surface area contributed by atoms with Gasteiger partial charge in [-0.25, -0.2) is 0 Å². The lowest BCUT2D eigenvalue weighted by atomic mass is 10.1. The van der Waals surface area contributed by atoms with Crippen LogP contribution < -0.4 is 19.5 Å². The minimum Gasteiger partial charge on any atom is -0.490 e. The molecule has 1 aliphatic rings. The highest BCUT2D eigenvalue weighted by atomic mass is 16.5. The summed E-state index contributed by atoms with van der Waals surface area (Å²) in [6, 6.07) is 9.43. The predicted octanol–water partition coefficient (Wildman–Crippen LogP) is 3.79. The second-order valence-electron chi connectivity index (χ2n) is 6.25. The Labute approximate surface area is 147 Å². The van der Waals surface area contributed by atoms with Gasteiger partial charge in [-0.3, -0.25) is 4.79 Å². The van der Waals surface area contributed by atoms with Gasteiger partial charge < -0.3 is 19.5 Å². The fourth-order valence-corrected chi connectivity index (χ4v) is 2.73. The number of anilines is 1. The van der Waals surface area contributed by atoms with Crippen LogP contribution in [0.25, 0.3) is 0 Å². The molecule has 5 heteroatoms. The summed E-state index contributed by atoms with van der Waals surface area (Å²) < 4.78 is 16.9. The monoisotopic (exact) mass is 341 g/mol. The lowest BCUT2D eigenvalue weighted by molar-refractivity contribution is -0.118. The number of hydrogen-bond acceptors (Lipinski definition) is 4. The SMILES string of the molecule is Cc1cc(C)c(C)c(OCC(=O)Nc2ccc3c(c2)OCCCO3)c1. The van der Waals surface area contributed by atoms with E-state index in [-0.39, 0.29) is 12.5 Å². The molecule has 0 aliphatic carbocycles. The van der Waals surface area contributed by atoms with E-state index in [0.717, 1.165) is 28.9 Å². The summed E-state index contributed by atoms with van der Waals surface area (Å²) in [5.74, 6) is 1.89. The number of hydrogen-bond donors (Lipinski definition) is 1. The molecule has 2 aromatic rings. The van der Waals surface area contributed by atoms with Crippen LogP contribution in [0.5, 0.6) is 17.2 Å². The van der Waals surface area contributed by atoms with E-state index in [1.165, 1.54) is 0 Å². The molecule has 2 aromatic carbocycles. The fraction of sp³-hybridized carbons (Fsp3) is 0.350. The van der Waals surface area contributed by atoms with Crippen molar-refractivity contribution in [1.29, 1.82) is 0 Å². The Kier molecular flexibility index (Phi) is 5.12. The molecule has 132 valence electrons. The molecule has 1 heterocycles. The number of carbonyl (C=O) groups excluding carboxylic acids is 1. The molecular formula is C20H23NO4. The summed E-state index contributed by atoms with van der Waals surface area (Å²) in [5.41, 5.74) is 3.98. The van der Waals surface area contributed by atoms with Crippen LogP contribution >= 0.6 is 0 Å². The van der Waals surface area contributed by atoms with Gasteiger partial charge in [-0.2, -0.15) is 0 Å². The first-order valence-corrected chi connectivity index (χ1v) is 8.43. The van der Waals surface area contributed by atoms with Gasteiger partial charge >= 0.3 is 0 Å². The van der Waals surface area contributed by atoms with E-state index in [9.17, 15) is 4.79 Å². The number of ether oxygens (including phenoxy) is 3. The first-order chi connectivity index (χ1) is 12.0. The molecule has 0 spiro atoms. The van der Waals surface area contributed by atoms with E-state index in [1.54, 1.807) is 12.1 Å². The zero-order valence-corrected chi connectivity index (χ0v) is 14.8. The molecule has 1 amide bonds. The van der Waals surface area contributed by atoms with Crippen LogP contribution in [0.1, 0.15) is 23.1 Å². The molecule has 25 heavy (non-hydrogen) atoms. The van der Waals surface area contributed by atoms with Gasteiger partial charge in [0.1, 0.15) is 5.75 Å². The van der Waals surface area contributed by atoms with Crippen molar-refractivity contribution in [2.24, 2.45) is 0 Å². The highest BCUT2D eigenvalue weighted by molar-refractivity contribution is 5.92. The summed E-state index contributed by atoms with van der Waals surface area (Å²) in [5, 5.41) is 2.83. The molecule has 1 N–H and O–H groups in total. The highest BCUT2D eigenvalue weighted by Gasteiger charge is 2.12. The van der Waals surface area contributed by atoms with Crippen molar-refractivity contribution >= 4 is 11.6 Å². The minimum atomic E-state index is -0.215. The molecule has 0 saturated carbocycles. The van der Waals surface area contributed by atoms with E-state index in [0.29, 0.717) is 30.4 Å². The van der Waals surface area contributed by atoms with Crippen molar-refractivity contribution in [3.8, 4) is 17.2 Å². The zero-order chi connectivity index (χ0) is 17.8. The van der Waals surface area contributed by atoms with Gasteiger partial charge in [0.15, 0.2) is 18.1 Å². The fourth-order valence-electron chi connectivity index (χ4n) is 2.73. The van der Waals surface area contributed by atoms with Crippen LogP contribution in [0.4, 0.5) is 5.69 Å². The highest BCUT2D eigenvalue weighted by Crippen LogP contribution is 2.32. The summed E-state index contributed by atoms with van der Waals surface area (Å²) in [4.78, 5) is 12.2. The van der Waals surface area contributed by atoms with E-state index >= 15 is 0 Å². The molecule has 5 nitrogen and oxygen atoms in total. The molecule has 0 atom stereocenters. The summed E-state index contributed by atoms with van der Waals surface area (Å²) in [7, 11) is 0. The van der Waals surface area contributed by atoms with Gasteiger partial charge in [0.05, 0.1) is 13.2 Å². The van der Waals surface area contributed by atoms with Crippen molar-refractivity contribution in [1.82, 2.24) is 0 Å². The Hall–Kier alpha value is -2.69. The number of aryl methyl sites for hydroxylation is 2. The van der Waals surface area contributed by atoms with Crippen LogP contribution in [0.2, 0.25) is 0 Å². The van der Waals surface area contributed by atoms with E-state index in [1.807, 2.05) is 32.9 Å². The second-order valence-corrected chi connectivity index (χ2v) is 6.25. The third-order valence-corrected chi connectivity index (χ3v) is 4.15. The zero-order valence-electron chi connectivity index (χ0n) is 14.8. The van der Waals surface area contributed by atoms with Crippen LogP contribution in [0, 0.1) is 20.8 Å². The quantitative estimate of drug-likeness (QED) is 0.919. The number of benzene rings is 2. The van der Waals surface area contributed by atoms with E-state index < -0.39 is 0 Å². The Balaban J connectivity index is 1.62. The van der Waals surface area contributed by atoms with Gasteiger partial charge in [0, 0.05) is 18.2 Å². The molecule has 0 bridgehead atoms. The molecule has 0 fully saturated rings. The maximum Gasteiger partial charge on any atom is 0.262 e. The molecular weight excluding hydrogens is 318 g/mol. The number of fused-ring (bicyclic) bond motifs is 1. The third-order valence-electron chi connectivity index (χ3n) is 4.15. The van der Waals surface area contributed by atoms with Gasteiger partial charge in [-0.15, -0.1) is 0 Å². The van der Waals surface area contributed by atoms with Crippen molar-refractivity contribution in [2.45, 2.75) is 27.2 Å².